The summed E-state index contributed by atoms with van der Waals surface area (Å²) in [7, 11) is 3.32. The van der Waals surface area contributed by atoms with Gasteiger partial charge in [0.15, 0.2) is 5.65 Å². The van der Waals surface area contributed by atoms with E-state index >= 15 is 0 Å². The highest BCUT2D eigenvalue weighted by molar-refractivity contribution is 5.95. The highest BCUT2D eigenvalue weighted by Gasteiger charge is 2.31. The Hall–Kier alpha value is -2.93. The molecule has 1 aliphatic heterocycles. The summed E-state index contributed by atoms with van der Waals surface area (Å²) < 4.78 is 12.8. The van der Waals surface area contributed by atoms with Gasteiger partial charge in [-0.3, -0.25) is 4.79 Å². The largest absolute Gasteiger partial charge is 0.496 e. The molecule has 1 aliphatic rings. The smallest absolute Gasteiger partial charge is 0.254 e. The van der Waals surface area contributed by atoms with Gasteiger partial charge in [-0.25, -0.2) is 9.97 Å². The molecule has 4 rings (SSSR count). The summed E-state index contributed by atoms with van der Waals surface area (Å²) in [4.78, 5) is 24.3. The van der Waals surface area contributed by atoms with Gasteiger partial charge in [-0.15, -0.1) is 0 Å². The number of hydrogen-bond acceptors (Lipinski definition) is 5. The lowest BCUT2D eigenvalue weighted by molar-refractivity contribution is 0.0790. The molecule has 3 heterocycles. The fraction of sp³-hybridized carbons (Fsp3) is 0.409. The van der Waals surface area contributed by atoms with Crippen LogP contribution in [0.4, 0.5) is 0 Å². The number of nitrogens with zero attached hydrogens (tertiary/aromatic N) is 4. The first-order valence-corrected chi connectivity index (χ1v) is 9.86. The van der Waals surface area contributed by atoms with Crippen molar-refractivity contribution in [1.82, 2.24) is 19.4 Å². The number of imidazole rings is 1. The predicted molar refractivity (Wildman–Crippen MR) is 110 cm³/mol. The second-order valence-corrected chi connectivity index (χ2v) is 7.38. The summed E-state index contributed by atoms with van der Waals surface area (Å²) in [5, 5.41) is 0. The third kappa shape index (κ3) is 3.70. The van der Waals surface area contributed by atoms with Crippen molar-refractivity contribution in [2.24, 2.45) is 0 Å². The fourth-order valence-electron chi connectivity index (χ4n) is 3.98. The lowest BCUT2D eigenvalue weighted by Gasteiger charge is -2.18. The molecule has 0 unspecified atom stereocenters. The van der Waals surface area contributed by atoms with E-state index in [1.54, 1.807) is 20.4 Å². The van der Waals surface area contributed by atoms with E-state index < -0.39 is 0 Å². The lowest BCUT2D eigenvalue weighted by Crippen LogP contribution is -2.28. The molecular formula is C22H26N4O3. The van der Waals surface area contributed by atoms with Gasteiger partial charge in [0, 0.05) is 44.4 Å². The number of benzene rings is 1. The van der Waals surface area contributed by atoms with E-state index in [-0.39, 0.29) is 11.8 Å². The Bertz CT molecular complexity index is 1030. The average molecular weight is 394 g/mol. The zero-order valence-electron chi connectivity index (χ0n) is 17.1. The maximum atomic E-state index is 13.0. The zero-order chi connectivity index (χ0) is 20.4. The van der Waals surface area contributed by atoms with Gasteiger partial charge in [-0.2, -0.15) is 0 Å². The van der Waals surface area contributed by atoms with Crippen LogP contribution in [0.25, 0.3) is 11.2 Å². The molecule has 3 aromatic rings. The van der Waals surface area contributed by atoms with Crippen molar-refractivity contribution in [3.05, 3.63) is 53.5 Å². The maximum Gasteiger partial charge on any atom is 0.254 e. The molecule has 1 saturated heterocycles. The first-order valence-electron chi connectivity index (χ1n) is 9.86. The third-order valence-electron chi connectivity index (χ3n) is 5.55. The summed E-state index contributed by atoms with van der Waals surface area (Å²) >= 11 is 0. The zero-order valence-corrected chi connectivity index (χ0v) is 17.1. The molecule has 7 heteroatoms. The summed E-state index contributed by atoms with van der Waals surface area (Å²) in [5.74, 6) is 1.92. The summed E-state index contributed by atoms with van der Waals surface area (Å²) in [6, 6.07) is 9.49. The van der Waals surface area contributed by atoms with Crippen molar-refractivity contribution in [3.63, 3.8) is 0 Å². The number of pyridine rings is 1. The van der Waals surface area contributed by atoms with E-state index in [9.17, 15) is 4.79 Å². The molecule has 2 aromatic heterocycles. The monoisotopic (exact) mass is 394 g/mol. The van der Waals surface area contributed by atoms with Crippen LogP contribution in [0.5, 0.6) is 5.75 Å². The van der Waals surface area contributed by atoms with E-state index in [1.807, 2.05) is 42.2 Å². The van der Waals surface area contributed by atoms with Crippen LogP contribution in [-0.4, -0.2) is 59.3 Å². The molecule has 0 N–H and O–H groups in total. The van der Waals surface area contributed by atoms with Crippen LogP contribution in [0.3, 0.4) is 0 Å². The number of carbonyl (C=O) groups excluding carboxylic acids is 1. The Morgan fingerprint density at radius 3 is 2.93 bits per heavy atom. The van der Waals surface area contributed by atoms with Crippen LogP contribution in [0.2, 0.25) is 0 Å². The van der Waals surface area contributed by atoms with Crippen LogP contribution >= 0.6 is 0 Å². The minimum atomic E-state index is 0.0310. The van der Waals surface area contributed by atoms with Crippen LogP contribution in [0.15, 0.2) is 36.5 Å². The Kier molecular flexibility index (Phi) is 5.49. The predicted octanol–water partition coefficient (Wildman–Crippen LogP) is 3.02. The van der Waals surface area contributed by atoms with E-state index in [4.69, 9.17) is 14.5 Å². The molecule has 152 valence electrons. The molecule has 0 saturated carbocycles. The summed E-state index contributed by atoms with van der Waals surface area (Å²) in [6.45, 7) is 4.61. The molecule has 7 nitrogen and oxygen atoms in total. The molecule has 0 spiro atoms. The SMILES string of the molecule is COCCn1c([C@@H]2CCN(C(=O)c3ccc(C)c(OC)c3)C2)nc2cccnc21. The first kappa shape index (κ1) is 19.4. The number of ether oxygens (including phenoxy) is 2. The Morgan fingerprint density at radius 1 is 1.28 bits per heavy atom. The molecule has 29 heavy (non-hydrogen) atoms. The van der Waals surface area contributed by atoms with E-state index in [0.29, 0.717) is 31.8 Å². The number of likely N-dealkylation sites (tertiary alicyclic amines) is 1. The van der Waals surface area contributed by atoms with Crippen LogP contribution in [-0.2, 0) is 11.3 Å². The lowest BCUT2D eigenvalue weighted by atomic mass is 10.1. The normalized spacial score (nSPS) is 16.5. The van der Waals surface area contributed by atoms with Crippen molar-refractivity contribution < 1.29 is 14.3 Å². The van der Waals surface area contributed by atoms with Crippen LogP contribution in [0.1, 0.15) is 34.1 Å². The minimum absolute atomic E-state index is 0.0310. The number of aryl methyl sites for hydroxylation is 1. The van der Waals surface area contributed by atoms with Gasteiger partial charge < -0.3 is 18.9 Å². The number of hydrogen-bond donors (Lipinski definition) is 0. The standard InChI is InChI=1S/C22H26N4O3/c1-15-6-7-16(13-19(15)29-3)22(27)25-10-8-17(14-25)20-24-18-5-4-9-23-21(18)26(20)11-12-28-2/h4-7,9,13,17H,8,10-12,14H2,1-3H3/t17-/m1/s1. The van der Waals surface area contributed by atoms with E-state index in [1.165, 1.54) is 0 Å². The quantitative estimate of drug-likeness (QED) is 0.643. The number of carbonyl (C=O) groups is 1. The van der Waals surface area contributed by atoms with Gasteiger partial charge in [-0.05, 0) is 43.2 Å². The number of rotatable bonds is 6. The number of fused-ring (bicyclic) bond motifs is 1. The van der Waals surface area contributed by atoms with E-state index in [0.717, 1.165) is 34.7 Å². The highest BCUT2D eigenvalue weighted by Crippen LogP contribution is 2.30. The molecule has 1 amide bonds. The number of aromatic nitrogens is 3. The number of amides is 1. The van der Waals surface area contributed by atoms with Gasteiger partial charge in [0.1, 0.15) is 17.1 Å². The molecule has 1 fully saturated rings. The van der Waals surface area contributed by atoms with Gasteiger partial charge in [0.25, 0.3) is 5.91 Å². The maximum absolute atomic E-state index is 13.0. The second-order valence-electron chi connectivity index (χ2n) is 7.38. The van der Waals surface area contributed by atoms with Gasteiger partial charge >= 0.3 is 0 Å². The third-order valence-corrected chi connectivity index (χ3v) is 5.55. The molecule has 0 bridgehead atoms. The van der Waals surface area contributed by atoms with Crippen LogP contribution in [0, 0.1) is 6.92 Å². The van der Waals surface area contributed by atoms with Crippen molar-refractivity contribution in [2.75, 3.05) is 33.9 Å². The fourth-order valence-corrected chi connectivity index (χ4v) is 3.98. The minimum Gasteiger partial charge on any atom is -0.496 e. The van der Waals surface area contributed by atoms with Crippen molar-refractivity contribution in [2.45, 2.75) is 25.8 Å². The molecule has 0 aliphatic carbocycles. The van der Waals surface area contributed by atoms with Crippen molar-refractivity contribution in [1.29, 1.82) is 0 Å². The Balaban J connectivity index is 1.57. The van der Waals surface area contributed by atoms with Gasteiger partial charge in [0.2, 0.25) is 0 Å². The van der Waals surface area contributed by atoms with Gasteiger partial charge in [0.05, 0.1) is 13.7 Å². The molecule has 1 aromatic carbocycles. The Morgan fingerprint density at radius 2 is 2.14 bits per heavy atom. The molecule has 0 radical (unpaired) electrons. The van der Waals surface area contributed by atoms with Gasteiger partial charge in [-0.1, -0.05) is 6.07 Å². The van der Waals surface area contributed by atoms with Crippen molar-refractivity contribution >= 4 is 17.1 Å². The van der Waals surface area contributed by atoms with E-state index in [2.05, 4.69) is 9.55 Å². The molecular weight excluding hydrogens is 368 g/mol. The highest BCUT2D eigenvalue weighted by atomic mass is 16.5. The van der Waals surface area contributed by atoms with Crippen molar-refractivity contribution in [3.8, 4) is 5.75 Å². The number of methoxy groups -OCH3 is 2. The van der Waals surface area contributed by atoms with Crippen LogP contribution < -0.4 is 4.74 Å². The topological polar surface area (TPSA) is 69.5 Å². The summed E-state index contributed by atoms with van der Waals surface area (Å²) in [6.07, 6.45) is 2.66. The average Bonchev–Trinajstić information content (AvgIpc) is 3.37. The summed E-state index contributed by atoms with van der Waals surface area (Å²) in [5.41, 5.74) is 3.42. The second kappa shape index (κ2) is 8.21. The Labute approximate surface area is 170 Å². The first-order chi connectivity index (χ1) is 14.1. The molecule has 1 atom stereocenters.